The van der Waals surface area contributed by atoms with Crippen LogP contribution >= 0.6 is 11.3 Å². The molecule has 3 rings (SSSR count). The number of aromatic nitrogens is 1. The van der Waals surface area contributed by atoms with E-state index in [9.17, 15) is 13.6 Å². The highest BCUT2D eigenvalue weighted by atomic mass is 32.1. The van der Waals surface area contributed by atoms with Gasteiger partial charge in [-0.25, -0.2) is 4.98 Å². The third kappa shape index (κ3) is 4.66. The molecule has 0 atom stereocenters. The van der Waals surface area contributed by atoms with E-state index in [-0.39, 0.29) is 17.4 Å². The van der Waals surface area contributed by atoms with Crippen molar-refractivity contribution in [1.82, 2.24) is 10.3 Å². The molecular weight excluding hydrogens is 390 g/mol. The molecule has 0 radical (unpaired) electrons. The third-order valence-corrected chi connectivity index (χ3v) is 4.87. The molecule has 0 aliphatic rings. The van der Waals surface area contributed by atoms with Crippen LogP contribution in [0.3, 0.4) is 0 Å². The van der Waals surface area contributed by atoms with E-state index in [1.807, 2.05) is 6.92 Å². The second-order valence-corrected chi connectivity index (χ2v) is 6.97. The van der Waals surface area contributed by atoms with Crippen molar-refractivity contribution >= 4 is 17.2 Å². The van der Waals surface area contributed by atoms with Crippen LogP contribution in [0.25, 0.3) is 10.8 Å². The number of carbonyl (C=O) groups excluding carboxylic acids is 1. The van der Waals surface area contributed by atoms with E-state index in [1.54, 1.807) is 30.5 Å². The molecule has 0 saturated carbocycles. The molecule has 1 N–H and O–H groups in total. The van der Waals surface area contributed by atoms with Crippen LogP contribution in [-0.2, 0) is 6.42 Å². The molecule has 9 heteroatoms. The summed E-state index contributed by atoms with van der Waals surface area (Å²) >= 11 is 1.37. The number of nitrogens with one attached hydrogen (secondary N) is 1. The van der Waals surface area contributed by atoms with E-state index in [4.69, 9.17) is 9.15 Å². The number of benzene rings is 1. The number of alkyl halides is 2. The minimum atomic E-state index is -2.94. The smallest absolute Gasteiger partial charge is 0.387 e. The predicted octanol–water partition coefficient (Wildman–Crippen LogP) is 4.29. The highest BCUT2D eigenvalue weighted by Gasteiger charge is 2.17. The molecule has 6 nitrogen and oxygen atoms in total. The summed E-state index contributed by atoms with van der Waals surface area (Å²) in [7, 11) is 1.38. The molecule has 0 aliphatic heterocycles. The van der Waals surface area contributed by atoms with Crippen molar-refractivity contribution in [1.29, 1.82) is 0 Å². The number of carbonyl (C=O) groups is 1. The molecule has 0 saturated heterocycles. The number of thiazole rings is 1. The van der Waals surface area contributed by atoms with Crippen LogP contribution in [0.5, 0.6) is 11.5 Å². The lowest BCUT2D eigenvalue weighted by atomic mass is 10.1. The van der Waals surface area contributed by atoms with E-state index < -0.39 is 6.61 Å². The van der Waals surface area contributed by atoms with Crippen molar-refractivity contribution in [3.05, 3.63) is 52.7 Å². The van der Waals surface area contributed by atoms with Gasteiger partial charge in [0, 0.05) is 11.4 Å². The third-order valence-electron chi connectivity index (χ3n) is 3.89. The van der Waals surface area contributed by atoms with Gasteiger partial charge in [0.1, 0.15) is 5.69 Å². The maximum absolute atomic E-state index is 12.5. The number of methoxy groups -OCH3 is 1. The predicted molar refractivity (Wildman–Crippen MR) is 100 cm³/mol. The van der Waals surface area contributed by atoms with E-state index in [2.05, 4.69) is 15.0 Å². The van der Waals surface area contributed by atoms with Gasteiger partial charge < -0.3 is 19.2 Å². The monoisotopic (exact) mass is 408 g/mol. The summed E-state index contributed by atoms with van der Waals surface area (Å²) in [4.78, 5) is 17.5. The first-order valence-corrected chi connectivity index (χ1v) is 9.21. The maximum Gasteiger partial charge on any atom is 0.387 e. The average molecular weight is 408 g/mol. The van der Waals surface area contributed by atoms with Crippen LogP contribution in [0.2, 0.25) is 0 Å². The number of hydrogen-bond acceptors (Lipinski definition) is 6. The van der Waals surface area contributed by atoms with Crippen LogP contribution in [0, 0.1) is 6.92 Å². The summed E-state index contributed by atoms with van der Waals surface area (Å²) in [6.45, 7) is -0.817. The van der Waals surface area contributed by atoms with Crippen LogP contribution in [0.1, 0.15) is 20.9 Å². The molecule has 2 heterocycles. The zero-order valence-corrected chi connectivity index (χ0v) is 16.0. The zero-order valence-electron chi connectivity index (χ0n) is 15.2. The number of halogens is 2. The fourth-order valence-electron chi connectivity index (χ4n) is 2.58. The summed E-state index contributed by atoms with van der Waals surface area (Å²) < 4.78 is 39.8. The summed E-state index contributed by atoms with van der Waals surface area (Å²) in [6.07, 6.45) is 1.98. The number of amides is 1. The zero-order chi connectivity index (χ0) is 20.1. The Bertz CT molecular complexity index is 942. The van der Waals surface area contributed by atoms with Gasteiger partial charge in [-0.1, -0.05) is 6.07 Å². The van der Waals surface area contributed by atoms with Gasteiger partial charge in [0.2, 0.25) is 0 Å². The Hall–Kier alpha value is -2.94. The maximum atomic E-state index is 12.5. The van der Waals surface area contributed by atoms with Crippen molar-refractivity contribution in [2.75, 3.05) is 13.7 Å². The Kier molecular flexibility index (Phi) is 6.25. The first kappa shape index (κ1) is 19.8. The number of aryl methyl sites for hydroxylation is 1. The molecule has 1 amide bonds. The second-order valence-electron chi connectivity index (χ2n) is 5.77. The average Bonchev–Trinajstić information content (AvgIpc) is 3.31. The quantitative estimate of drug-likeness (QED) is 0.602. The van der Waals surface area contributed by atoms with Gasteiger partial charge >= 0.3 is 6.61 Å². The summed E-state index contributed by atoms with van der Waals surface area (Å²) in [5.41, 5.74) is 1.07. The number of furan rings is 1. The molecule has 148 valence electrons. The lowest BCUT2D eigenvalue weighted by Crippen LogP contribution is -2.26. The van der Waals surface area contributed by atoms with Gasteiger partial charge in [0.25, 0.3) is 5.91 Å². The summed E-state index contributed by atoms with van der Waals surface area (Å²) in [6, 6.07) is 8.29. The largest absolute Gasteiger partial charge is 0.493 e. The molecule has 2 aromatic heterocycles. The first-order chi connectivity index (χ1) is 13.5. The molecule has 0 aliphatic carbocycles. The lowest BCUT2D eigenvalue weighted by Gasteiger charge is -2.11. The molecule has 1 aromatic carbocycles. The Morgan fingerprint density at radius 1 is 1.32 bits per heavy atom. The standard InChI is InChI=1S/C19H18F2N2O4S/c1-11-16(23-18(28-11)14-4-3-9-26-14)17(24)22-8-7-12-5-6-13(25-2)15(10-12)27-19(20)21/h3-6,9-10,19H,7-8H2,1-2H3,(H,22,24). The SMILES string of the molecule is COc1ccc(CCNC(=O)c2nc(-c3ccco3)sc2C)cc1OC(F)F. The molecule has 0 fully saturated rings. The molecule has 0 spiro atoms. The van der Waals surface area contributed by atoms with Gasteiger partial charge in [0.05, 0.1) is 13.4 Å². The Labute approximate surface area is 164 Å². The Morgan fingerprint density at radius 3 is 2.82 bits per heavy atom. The Balaban J connectivity index is 1.61. The fraction of sp³-hybridized carbons (Fsp3) is 0.263. The van der Waals surface area contributed by atoms with Gasteiger partial charge in [0.15, 0.2) is 22.3 Å². The van der Waals surface area contributed by atoms with Gasteiger partial charge in [-0.2, -0.15) is 8.78 Å². The van der Waals surface area contributed by atoms with Crippen molar-refractivity contribution in [3.8, 4) is 22.3 Å². The topological polar surface area (TPSA) is 73.6 Å². The Morgan fingerprint density at radius 2 is 2.14 bits per heavy atom. The summed E-state index contributed by atoms with van der Waals surface area (Å²) in [5, 5.41) is 3.43. The van der Waals surface area contributed by atoms with Crippen molar-refractivity contribution in [2.45, 2.75) is 20.0 Å². The number of hydrogen-bond donors (Lipinski definition) is 1. The first-order valence-electron chi connectivity index (χ1n) is 8.39. The van der Waals surface area contributed by atoms with Crippen molar-refractivity contribution in [2.24, 2.45) is 0 Å². The van der Waals surface area contributed by atoms with Crippen molar-refractivity contribution < 1.29 is 27.5 Å². The summed E-state index contributed by atoms with van der Waals surface area (Å²) in [5.74, 6) is 0.484. The second kappa shape index (κ2) is 8.83. The van der Waals surface area contributed by atoms with Gasteiger partial charge in [-0.05, 0) is 43.2 Å². The molecule has 0 bridgehead atoms. The van der Waals surface area contributed by atoms with E-state index >= 15 is 0 Å². The minimum Gasteiger partial charge on any atom is -0.493 e. The molecule has 3 aromatic rings. The highest BCUT2D eigenvalue weighted by Crippen LogP contribution is 2.30. The molecular formula is C19H18F2N2O4S. The molecule has 28 heavy (non-hydrogen) atoms. The normalized spacial score (nSPS) is 10.9. The minimum absolute atomic E-state index is 0.0419. The number of ether oxygens (including phenoxy) is 2. The van der Waals surface area contributed by atoms with Crippen LogP contribution < -0.4 is 14.8 Å². The molecule has 0 unspecified atom stereocenters. The lowest BCUT2D eigenvalue weighted by molar-refractivity contribution is -0.0512. The number of rotatable bonds is 8. The fourth-order valence-corrected chi connectivity index (χ4v) is 3.46. The van der Waals surface area contributed by atoms with E-state index in [0.29, 0.717) is 29.4 Å². The van der Waals surface area contributed by atoms with Gasteiger partial charge in [-0.3, -0.25) is 4.79 Å². The highest BCUT2D eigenvalue weighted by molar-refractivity contribution is 7.15. The number of nitrogens with zero attached hydrogens (tertiary/aromatic N) is 1. The van der Waals surface area contributed by atoms with Crippen LogP contribution in [0.4, 0.5) is 8.78 Å². The van der Waals surface area contributed by atoms with E-state index in [1.165, 1.54) is 24.5 Å². The van der Waals surface area contributed by atoms with E-state index in [0.717, 1.165) is 10.4 Å². The van der Waals surface area contributed by atoms with Crippen molar-refractivity contribution in [3.63, 3.8) is 0 Å². The van der Waals surface area contributed by atoms with Crippen LogP contribution in [0.15, 0.2) is 41.0 Å². The van der Waals surface area contributed by atoms with Crippen LogP contribution in [-0.4, -0.2) is 31.2 Å². The van der Waals surface area contributed by atoms with Gasteiger partial charge in [-0.15, -0.1) is 11.3 Å².